The first-order valence-corrected chi connectivity index (χ1v) is 5.29. The molecular formula is C12H19N2O+. The Hall–Kier alpha value is -1.22. The van der Waals surface area contributed by atoms with Crippen LogP contribution in [-0.4, -0.2) is 29.8 Å². The lowest BCUT2D eigenvalue weighted by Gasteiger charge is -2.18. The fourth-order valence-corrected chi connectivity index (χ4v) is 1.90. The van der Waals surface area contributed by atoms with Crippen molar-refractivity contribution in [3.8, 4) is 0 Å². The Morgan fingerprint density at radius 2 is 2.40 bits per heavy atom. The summed E-state index contributed by atoms with van der Waals surface area (Å²) >= 11 is 0. The van der Waals surface area contributed by atoms with Crippen LogP contribution in [0.25, 0.3) is 0 Å². The van der Waals surface area contributed by atoms with E-state index in [1.807, 2.05) is 18.5 Å². The number of carbonyl (C=O) groups excluding carboxylic acids is 1. The summed E-state index contributed by atoms with van der Waals surface area (Å²) in [5.41, 5.74) is 1.36. The van der Waals surface area contributed by atoms with Crippen molar-refractivity contribution in [3.05, 3.63) is 30.1 Å². The summed E-state index contributed by atoms with van der Waals surface area (Å²) in [4.78, 5) is 15.3. The summed E-state index contributed by atoms with van der Waals surface area (Å²) < 4.78 is 0. The SMILES string of the molecule is CC=O.CN1CCC[C@H]1c1cccnc1.[H+]. The molecule has 1 aromatic heterocycles. The number of aldehydes is 1. The largest absolute Gasteiger partial charge is 1.00 e. The lowest BCUT2D eigenvalue weighted by Crippen LogP contribution is -2.17. The third-order valence-electron chi connectivity index (χ3n) is 2.59. The zero-order valence-corrected chi connectivity index (χ0v) is 9.39. The van der Waals surface area contributed by atoms with E-state index >= 15 is 0 Å². The maximum atomic E-state index is 8.81. The van der Waals surface area contributed by atoms with Gasteiger partial charge in [0.05, 0.1) is 0 Å². The monoisotopic (exact) mass is 207 g/mol. The summed E-state index contributed by atoms with van der Waals surface area (Å²) in [7, 11) is 2.19. The molecule has 1 aliphatic rings. The Morgan fingerprint density at radius 1 is 1.67 bits per heavy atom. The smallest absolute Gasteiger partial charge is 0.304 e. The Balaban J connectivity index is 0.000000511. The number of hydrogen-bond acceptors (Lipinski definition) is 3. The molecule has 3 nitrogen and oxygen atoms in total. The van der Waals surface area contributed by atoms with Gasteiger partial charge in [-0.3, -0.25) is 9.88 Å². The molecule has 0 N–H and O–H groups in total. The van der Waals surface area contributed by atoms with Crippen molar-refractivity contribution in [2.75, 3.05) is 13.6 Å². The van der Waals surface area contributed by atoms with Gasteiger partial charge in [-0.05, 0) is 45.0 Å². The Kier molecular flexibility index (Phi) is 4.98. The van der Waals surface area contributed by atoms with Crippen molar-refractivity contribution in [3.63, 3.8) is 0 Å². The molecule has 1 aliphatic heterocycles. The highest BCUT2D eigenvalue weighted by molar-refractivity contribution is 5.44. The van der Waals surface area contributed by atoms with E-state index in [1.54, 1.807) is 0 Å². The molecule has 0 unspecified atom stereocenters. The molecule has 1 saturated heterocycles. The van der Waals surface area contributed by atoms with Gasteiger partial charge in [0.25, 0.3) is 0 Å². The van der Waals surface area contributed by atoms with Crippen LogP contribution in [-0.2, 0) is 4.79 Å². The molecule has 0 aliphatic carbocycles. The number of pyridine rings is 1. The number of carbonyl (C=O) groups is 1. The highest BCUT2D eigenvalue weighted by Crippen LogP contribution is 2.29. The second kappa shape index (κ2) is 6.30. The van der Waals surface area contributed by atoms with Crippen LogP contribution in [0, 0.1) is 0 Å². The molecule has 15 heavy (non-hydrogen) atoms. The summed E-state index contributed by atoms with van der Waals surface area (Å²) in [6.45, 7) is 2.67. The number of aromatic nitrogens is 1. The van der Waals surface area contributed by atoms with Gasteiger partial charge in [-0.2, -0.15) is 0 Å². The van der Waals surface area contributed by atoms with Gasteiger partial charge in [0, 0.05) is 18.4 Å². The second-order valence-corrected chi connectivity index (χ2v) is 3.66. The minimum absolute atomic E-state index is 0. The van der Waals surface area contributed by atoms with Crippen molar-refractivity contribution in [2.24, 2.45) is 0 Å². The zero-order chi connectivity index (χ0) is 11.1. The van der Waals surface area contributed by atoms with E-state index in [4.69, 9.17) is 4.79 Å². The molecule has 2 heterocycles. The van der Waals surface area contributed by atoms with E-state index < -0.39 is 0 Å². The summed E-state index contributed by atoms with van der Waals surface area (Å²) in [5, 5.41) is 0. The molecule has 0 aromatic carbocycles. The Morgan fingerprint density at radius 3 is 2.87 bits per heavy atom. The fourth-order valence-electron chi connectivity index (χ4n) is 1.90. The van der Waals surface area contributed by atoms with Gasteiger partial charge in [-0.1, -0.05) is 6.07 Å². The maximum absolute atomic E-state index is 8.81. The summed E-state index contributed by atoms with van der Waals surface area (Å²) in [6, 6.07) is 4.79. The van der Waals surface area contributed by atoms with Gasteiger partial charge in [0.2, 0.25) is 0 Å². The Labute approximate surface area is 92.6 Å². The third kappa shape index (κ3) is 3.44. The van der Waals surface area contributed by atoms with Crippen LogP contribution in [0.1, 0.15) is 32.8 Å². The van der Waals surface area contributed by atoms with Crippen molar-refractivity contribution >= 4 is 6.29 Å². The number of hydrogen-bond donors (Lipinski definition) is 0. The highest BCUT2D eigenvalue weighted by atomic mass is 16.1. The van der Waals surface area contributed by atoms with E-state index in [2.05, 4.69) is 23.0 Å². The van der Waals surface area contributed by atoms with Gasteiger partial charge in [-0.25, -0.2) is 0 Å². The molecule has 2 rings (SSSR count). The summed E-state index contributed by atoms with van der Waals surface area (Å²) in [6.07, 6.45) is 7.16. The Bertz CT molecular complexity index is 292. The van der Waals surface area contributed by atoms with Crippen LogP contribution in [0.2, 0.25) is 0 Å². The number of nitrogens with zero attached hydrogens (tertiary/aromatic N) is 2. The lowest BCUT2D eigenvalue weighted by molar-refractivity contribution is -0.106. The average Bonchev–Trinajstić information content (AvgIpc) is 2.67. The minimum Gasteiger partial charge on any atom is -0.304 e. The van der Waals surface area contributed by atoms with E-state index in [0.29, 0.717) is 6.04 Å². The van der Waals surface area contributed by atoms with Crippen molar-refractivity contribution < 1.29 is 6.22 Å². The van der Waals surface area contributed by atoms with E-state index in [0.717, 1.165) is 6.29 Å². The predicted octanol–water partition coefficient (Wildman–Crippen LogP) is 2.17. The zero-order valence-electron chi connectivity index (χ0n) is 10.4. The molecule has 1 fully saturated rings. The molecular weight excluding hydrogens is 188 g/mol. The van der Waals surface area contributed by atoms with Gasteiger partial charge >= 0.3 is 1.43 Å². The second-order valence-electron chi connectivity index (χ2n) is 3.66. The fraction of sp³-hybridized carbons (Fsp3) is 0.500. The van der Waals surface area contributed by atoms with Crippen LogP contribution in [0.4, 0.5) is 0 Å². The summed E-state index contributed by atoms with van der Waals surface area (Å²) in [5.74, 6) is 0. The standard InChI is InChI=1S/C10H14N2.C2H4O/c1-12-7-3-5-10(12)9-4-2-6-11-8-9;1-2-3/h2,4,6,8,10H,3,5,7H2,1H3;2H,1H3/p+1/t10-;/m0./s1. The first-order chi connectivity index (χ1) is 7.29. The van der Waals surface area contributed by atoms with Crippen molar-refractivity contribution in [2.45, 2.75) is 25.8 Å². The minimum atomic E-state index is 0. The van der Waals surface area contributed by atoms with E-state index in [9.17, 15) is 0 Å². The van der Waals surface area contributed by atoms with Crippen molar-refractivity contribution in [1.29, 1.82) is 0 Å². The van der Waals surface area contributed by atoms with Gasteiger partial charge in [0.15, 0.2) is 0 Å². The van der Waals surface area contributed by atoms with Gasteiger partial charge in [-0.15, -0.1) is 0 Å². The lowest BCUT2D eigenvalue weighted by atomic mass is 10.1. The predicted molar refractivity (Wildman–Crippen MR) is 61.7 cm³/mol. The highest BCUT2D eigenvalue weighted by Gasteiger charge is 2.21. The molecule has 0 radical (unpaired) electrons. The topological polar surface area (TPSA) is 33.2 Å². The molecule has 0 spiro atoms. The van der Waals surface area contributed by atoms with Crippen LogP contribution >= 0.6 is 0 Å². The molecule has 0 amide bonds. The number of rotatable bonds is 1. The first kappa shape index (κ1) is 11.9. The van der Waals surface area contributed by atoms with E-state index in [-0.39, 0.29) is 1.43 Å². The number of likely N-dealkylation sites (tertiary alicyclic amines) is 1. The molecule has 82 valence electrons. The molecule has 3 heteroatoms. The average molecular weight is 207 g/mol. The molecule has 1 aromatic rings. The van der Waals surface area contributed by atoms with Gasteiger partial charge in [0.1, 0.15) is 6.29 Å². The molecule has 1 atom stereocenters. The maximum Gasteiger partial charge on any atom is 1.00 e. The van der Waals surface area contributed by atoms with Crippen molar-refractivity contribution in [1.82, 2.24) is 9.88 Å². The third-order valence-corrected chi connectivity index (χ3v) is 2.59. The van der Waals surface area contributed by atoms with Crippen LogP contribution < -0.4 is 0 Å². The molecule has 0 bridgehead atoms. The van der Waals surface area contributed by atoms with Crippen LogP contribution in [0.15, 0.2) is 24.5 Å². The van der Waals surface area contributed by atoms with Crippen LogP contribution in [0.3, 0.4) is 0 Å². The molecule has 0 saturated carbocycles. The van der Waals surface area contributed by atoms with Crippen LogP contribution in [0.5, 0.6) is 0 Å². The first-order valence-electron chi connectivity index (χ1n) is 5.29. The normalized spacial score (nSPS) is 20.5. The van der Waals surface area contributed by atoms with Gasteiger partial charge < -0.3 is 4.79 Å². The quantitative estimate of drug-likeness (QED) is 0.662. The van der Waals surface area contributed by atoms with E-state index in [1.165, 1.54) is 31.9 Å².